The van der Waals surface area contributed by atoms with Crippen LogP contribution in [0.1, 0.15) is 11.5 Å². The van der Waals surface area contributed by atoms with Crippen LogP contribution in [0.4, 0.5) is 4.39 Å². The fourth-order valence-electron chi connectivity index (χ4n) is 1.93. The van der Waals surface area contributed by atoms with Crippen LogP contribution in [0.5, 0.6) is 0 Å². The number of hydrogen-bond donors (Lipinski definition) is 0. The highest BCUT2D eigenvalue weighted by Crippen LogP contribution is 2.17. The van der Waals surface area contributed by atoms with Gasteiger partial charge in [-0.3, -0.25) is 0 Å². The monoisotopic (exact) mass is 324 g/mol. The standard InChI is InChI=1S/C18H13FN2O3/c19-15-9-6-13(7-10-15)8-11-17(22)23-12-16-20-21-18(24-16)14-4-2-1-3-5-14/h1-11H,12H2/b11-8+. The average Bonchev–Trinajstić information content (AvgIpc) is 3.09. The van der Waals surface area contributed by atoms with Crippen LogP contribution in [-0.2, 0) is 16.1 Å². The van der Waals surface area contributed by atoms with Crippen molar-refractivity contribution >= 4 is 12.0 Å². The molecule has 6 heteroatoms. The number of ether oxygens (including phenoxy) is 1. The van der Waals surface area contributed by atoms with Gasteiger partial charge in [-0.1, -0.05) is 30.3 Å². The number of hydrogen-bond acceptors (Lipinski definition) is 5. The summed E-state index contributed by atoms with van der Waals surface area (Å²) in [5.41, 5.74) is 1.48. The molecule has 0 saturated carbocycles. The maximum Gasteiger partial charge on any atom is 0.331 e. The minimum Gasteiger partial charge on any atom is -0.452 e. The van der Waals surface area contributed by atoms with E-state index >= 15 is 0 Å². The van der Waals surface area contributed by atoms with Crippen LogP contribution in [0.2, 0.25) is 0 Å². The highest BCUT2D eigenvalue weighted by molar-refractivity contribution is 5.86. The SMILES string of the molecule is O=C(/C=C/c1ccc(F)cc1)OCc1nnc(-c2ccccc2)o1. The van der Waals surface area contributed by atoms with Gasteiger partial charge in [0, 0.05) is 11.6 Å². The molecule has 24 heavy (non-hydrogen) atoms. The van der Waals surface area contributed by atoms with E-state index in [9.17, 15) is 9.18 Å². The second-order valence-corrected chi connectivity index (χ2v) is 4.86. The molecule has 0 unspecified atom stereocenters. The van der Waals surface area contributed by atoms with Gasteiger partial charge in [-0.15, -0.1) is 10.2 Å². The van der Waals surface area contributed by atoms with E-state index in [1.807, 2.05) is 30.3 Å². The van der Waals surface area contributed by atoms with E-state index in [0.717, 1.165) is 5.56 Å². The summed E-state index contributed by atoms with van der Waals surface area (Å²) in [6.45, 7) is -0.119. The Balaban J connectivity index is 1.55. The molecule has 0 spiro atoms. The predicted molar refractivity (Wildman–Crippen MR) is 85.0 cm³/mol. The van der Waals surface area contributed by atoms with E-state index < -0.39 is 5.97 Å². The number of nitrogens with zero attached hydrogens (tertiary/aromatic N) is 2. The largest absolute Gasteiger partial charge is 0.452 e. The number of rotatable bonds is 5. The van der Waals surface area contributed by atoms with Crippen molar-refractivity contribution < 1.29 is 18.3 Å². The molecule has 0 radical (unpaired) electrons. The molecular weight excluding hydrogens is 311 g/mol. The lowest BCUT2D eigenvalue weighted by Crippen LogP contribution is -2.00. The van der Waals surface area contributed by atoms with Crippen molar-refractivity contribution in [2.24, 2.45) is 0 Å². The molecule has 0 amide bonds. The Morgan fingerprint density at radius 2 is 1.83 bits per heavy atom. The van der Waals surface area contributed by atoms with Crippen molar-refractivity contribution in [3.8, 4) is 11.5 Å². The quantitative estimate of drug-likeness (QED) is 0.529. The van der Waals surface area contributed by atoms with Gasteiger partial charge in [0.25, 0.3) is 5.89 Å². The summed E-state index contributed by atoms with van der Waals surface area (Å²) in [5, 5.41) is 7.74. The number of carbonyl (C=O) groups is 1. The Morgan fingerprint density at radius 3 is 2.58 bits per heavy atom. The molecule has 0 N–H and O–H groups in total. The summed E-state index contributed by atoms with van der Waals surface area (Å²) in [6, 6.07) is 15.0. The van der Waals surface area contributed by atoms with Gasteiger partial charge >= 0.3 is 5.97 Å². The van der Waals surface area contributed by atoms with E-state index in [1.54, 1.807) is 12.1 Å². The van der Waals surface area contributed by atoms with Crippen LogP contribution in [-0.4, -0.2) is 16.2 Å². The van der Waals surface area contributed by atoms with Crippen LogP contribution in [0, 0.1) is 5.82 Å². The van der Waals surface area contributed by atoms with Crippen molar-refractivity contribution in [3.05, 3.63) is 77.9 Å². The first-order valence-corrected chi connectivity index (χ1v) is 7.19. The normalized spacial score (nSPS) is 10.9. The van der Waals surface area contributed by atoms with Crippen LogP contribution in [0.25, 0.3) is 17.5 Å². The Morgan fingerprint density at radius 1 is 1.08 bits per heavy atom. The molecular formula is C18H13FN2O3. The van der Waals surface area contributed by atoms with Crippen molar-refractivity contribution in [2.45, 2.75) is 6.61 Å². The zero-order chi connectivity index (χ0) is 16.8. The van der Waals surface area contributed by atoms with Crippen molar-refractivity contribution in [2.75, 3.05) is 0 Å². The second kappa shape index (κ2) is 7.32. The minimum absolute atomic E-state index is 0.119. The van der Waals surface area contributed by atoms with Gasteiger partial charge in [0.05, 0.1) is 0 Å². The minimum atomic E-state index is -0.557. The first-order chi connectivity index (χ1) is 11.7. The molecule has 120 valence electrons. The van der Waals surface area contributed by atoms with Gasteiger partial charge in [0.2, 0.25) is 5.89 Å². The molecule has 1 heterocycles. The molecule has 1 aromatic heterocycles. The molecule has 0 aliphatic heterocycles. The Bertz CT molecular complexity index is 842. The first kappa shape index (κ1) is 15.6. The maximum atomic E-state index is 12.8. The summed E-state index contributed by atoms with van der Waals surface area (Å²) in [7, 11) is 0. The molecule has 5 nitrogen and oxygen atoms in total. The summed E-state index contributed by atoms with van der Waals surface area (Å²) < 4.78 is 23.2. The van der Waals surface area contributed by atoms with Crippen LogP contribution < -0.4 is 0 Å². The second-order valence-electron chi connectivity index (χ2n) is 4.86. The summed E-state index contributed by atoms with van der Waals surface area (Å²) in [6.07, 6.45) is 2.78. The highest BCUT2D eigenvalue weighted by Gasteiger charge is 2.09. The van der Waals surface area contributed by atoms with Gasteiger partial charge in [0.15, 0.2) is 6.61 Å². The Labute approximate surface area is 137 Å². The molecule has 0 aliphatic rings. The molecule has 0 bridgehead atoms. The number of benzene rings is 2. The van der Waals surface area contributed by atoms with Gasteiger partial charge in [-0.2, -0.15) is 0 Å². The fraction of sp³-hybridized carbons (Fsp3) is 0.0556. The predicted octanol–water partition coefficient (Wildman–Crippen LogP) is 3.63. The molecule has 0 atom stereocenters. The molecule has 2 aromatic carbocycles. The zero-order valence-electron chi connectivity index (χ0n) is 12.6. The lowest BCUT2D eigenvalue weighted by Gasteiger charge is -1.97. The van der Waals surface area contributed by atoms with E-state index in [1.165, 1.54) is 24.3 Å². The molecule has 0 saturated heterocycles. The highest BCUT2D eigenvalue weighted by atomic mass is 19.1. The van der Waals surface area contributed by atoms with Gasteiger partial charge in [-0.05, 0) is 35.9 Å². The van der Waals surface area contributed by atoms with Crippen LogP contribution in [0.15, 0.2) is 65.1 Å². The Kier molecular flexibility index (Phi) is 4.76. The Hall–Kier alpha value is -3.28. The van der Waals surface area contributed by atoms with E-state index in [2.05, 4.69) is 10.2 Å². The fourth-order valence-corrected chi connectivity index (χ4v) is 1.93. The third-order valence-corrected chi connectivity index (χ3v) is 3.11. The van der Waals surface area contributed by atoms with Gasteiger partial charge in [0.1, 0.15) is 5.82 Å². The molecule has 0 aliphatic carbocycles. The zero-order valence-corrected chi connectivity index (χ0v) is 12.6. The number of halogens is 1. The third-order valence-electron chi connectivity index (χ3n) is 3.11. The van der Waals surface area contributed by atoms with Crippen molar-refractivity contribution in [1.29, 1.82) is 0 Å². The van der Waals surface area contributed by atoms with Gasteiger partial charge < -0.3 is 9.15 Å². The van der Waals surface area contributed by atoms with Crippen LogP contribution in [0.3, 0.4) is 0 Å². The molecule has 0 fully saturated rings. The number of aromatic nitrogens is 2. The summed E-state index contributed by atoms with van der Waals surface area (Å²) in [4.78, 5) is 11.7. The first-order valence-electron chi connectivity index (χ1n) is 7.19. The lowest BCUT2D eigenvalue weighted by atomic mass is 10.2. The van der Waals surface area contributed by atoms with Crippen molar-refractivity contribution in [1.82, 2.24) is 10.2 Å². The third kappa shape index (κ3) is 4.13. The number of carbonyl (C=O) groups excluding carboxylic acids is 1. The average molecular weight is 324 g/mol. The van der Waals surface area contributed by atoms with Crippen LogP contribution >= 0.6 is 0 Å². The topological polar surface area (TPSA) is 65.2 Å². The van der Waals surface area contributed by atoms with E-state index in [4.69, 9.17) is 9.15 Å². The molecule has 3 rings (SSSR count). The lowest BCUT2D eigenvalue weighted by molar-refractivity contribution is -0.139. The molecule has 3 aromatic rings. The number of esters is 1. The summed E-state index contributed by atoms with van der Waals surface area (Å²) in [5.74, 6) is -0.319. The van der Waals surface area contributed by atoms with E-state index in [-0.39, 0.29) is 18.3 Å². The van der Waals surface area contributed by atoms with Gasteiger partial charge in [-0.25, -0.2) is 9.18 Å². The smallest absolute Gasteiger partial charge is 0.331 e. The maximum absolute atomic E-state index is 12.8. The summed E-state index contributed by atoms with van der Waals surface area (Å²) >= 11 is 0. The van der Waals surface area contributed by atoms with Crippen molar-refractivity contribution in [3.63, 3.8) is 0 Å². The van der Waals surface area contributed by atoms with E-state index in [0.29, 0.717) is 11.5 Å².